The van der Waals surface area contributed by atoms with Crippen LogP contribution < -0.4 is 14.7 Å². The second kappa shape index (κ2) is 7.22. The minimum atomic E-state index is 0.838. The molecule has 0 radical (unpaired) electrons. The van der Waals surface area contributed by atoms with E-state index in [0.717, 1.165) is 73.6 Å². The fourth-order valence-corrected chi connectivity index (χ4v) is 4.11. The van der Waals surface area contributed by atoms with Gasteiger partial charge in [0.05, 0.1) is 16.7 Å². The number of nitrogens with zero attached hydrogens (tertiary/aromatic N) is 7. The van der Waals surface area contributed by atoms with Crippen molar-refractivity contribution in [3.63, 3.8) is 0 Å². The number of benzene rings is 1. The monoisotopic (exact) mass is 375 g/mol. The van der Waals surface area contributed by atoms with E-state index >= 15 is 0 Å². The molecule has 0 amide bonds. The van der Waals surface area contributed by atoms with Crippen LogP contribution in [-0.4, -0.2) is 59.2 Å². The van der Waals surface area contributed by atoms with Gasteiger partial charge in [0.1, 0.15) is 5.82 Å². The van der Waals surface area contributed by atoms with E-state index in [2.05, 4.69) is 19.7 Å². The Kier molecular flexibility index (Phi) is 4.43. The first-order chi connectivity index (χ1) is 13.8. The first-order valence-electron chi connectivity index (χ1n) is 10.1. The Bertz CT molecular complexity index is 975. The molecule has 0 atom stereocenters. The molecule has 144 valence electrons. The first-order valence-corrected chi connectivity index (χ1v) is 10.1. The molecule has 2 aliphatic heterocycles. The molecule has 3 aromatic rings. The molecule has 7 nitrogen and oxygen atoms in total. The Labute approximate surface area is 165 Å². The third-order valence-electron chi connectivity index (χ3n) is 5.64. The molecule has 28 heavy (non-hydrogen) atoms. The standard InChI is InChI=1S/C21H25N7/c1-16-20(24-18-7-3-2-6-17(18)23-16)27-12-14-28(15-13-27)21-22-9-8-19(25-21)26-10-4-5-11-26/h2-3,6-9H,4-5,10-15H2,1H3. The summed E-state index contributed by atoms with van der Waals surface area (Å²) >= 11 is 0. The maximum atomic E-state index is 4.87. The van der Waals surface area contributed by atoms with Crippen LogP contribution in [0.2, 0.25) is 0 Å². The summed E-state index contributed by atoms with van der Waals surface area (Å²) in [4.78, 5) is 25.9. The fraction of sp³-hybridized carbons (Fsp3) is 0.429. The second-order valence-electron chi connectivity index (χ2n) is 7.50. The van der Waals surface area contributed by atoms with Crippen molar-refractivity contribution in [3.8, 4) is 0 Å². The molecule has 5 rings (SSSR count). The summed E-state index contributed by atoms with van der Waals surface area (Å²) in [5, 5.41) is 0. The van der Waals surface area contributed by atoms with Crippen LogP contribution in [0.3, 0.4) is 0 Å². The molecule has 1 aromatic carbocycles. The van der Waals surface area contributed by atoms with Crippen molar-refractivity contribution in [2.24, 2.45) is 0 Å². The smallest absolute Gasteiger partial charge is 0.227 e. The molecule has 0 saturated carbocycles. The molecule has 2 fully saturated rings. The van der Waals surface area contributed by atoms with Gasteiger partial charge in [0, 0.05) is 45.5 Å². The van der Waals surface area contributed by atoms with Gasteiger partial charge in [-0.3, -0.25) is 0 Å². The Morgan fingerprint density at radius 1 is 0.714 bits per heavy atom. The zero-order valence-electron chi connectivity index (χ0n) is 16.3. The van der Waals surface area contributed by atoms with Gasteiger partial charge in [0.15, 0.2) is 5.82 Å². The van der Waals surface area contributed by atoms with Crippen LogP contribution in [-0.2, 0) is 0 Å². The van der Waals surface area contributed by atoms with Gasteiger partial charge in [-0.15, -0.1) is 0 Å². The lowest BCUT2D eigenvalue weighted by Gasteiger charge is -2.36. The fourth-order valence-electron chi connectivity index (χ4n) is 4.11. The maximum absolute atomic E-state index is 4.87. The summed E-state index contributed by atoms with van der Waals surface area (Å²) in [7, 11) is 0. The quantitative estimate of drug-likeness (QED) is 0.697. The number of hydrogen-bond acceptors (Lipinski definition) is 7. The van der Waals surface area contributed by atoms with Crippen molar-refractivity contribution >= 4 is 28.6 Å². The van der Waals surface area contributed by atoms with Crippen molar-refractivity contribution in [2.75, 3.05) is 54.0 Å². The number of rotatable bonds is 3. The Morgan fingerprint density at radius 3 is 2.14 bits per heavy atom. The van der Waals surface area contributed by atoms with E-state index in [1.165, 1.54) is 12.8 Å². The molecular weight excluding hydrogens is 350 g/mol. The molecule has 0 unspecified atom stereocenters. The summed E-state index contributed by atoms with van der Waals surface area (Å²) in [6.07, 6.45) is 4.40. The lowest BCUT2D eigenvalue weighted by molar-refractivity contribution is 0.632. The van der Waals surface area contributed by atoms with Crippen LogP contribution in [0.15, 0.2) is 36.5 Å². The Balaban J connectivity index is 1.31. The largest absolute Gasteiger partial charge is 0.356 e. The van der Waals surface area contributed by atoms with Crippen molar-refractivity contribution < 1.29 is 0 Å². The topological polar surface area (TPSA) is 61.3 Å². The summed E-state index contributed by atoms with van der Waals surface area (Å²) in [5.41, 5.74) is 2.89. The lowest BCUT2D eigenvalue weighted by atomic mass is 10.2. The van der Waals surface area contributed by atoms with Gasteiger partial charge < -0.3 is 14.7 Å². The van der Waals surface area contributed by atoms with Gasteiger partial charge in [-0.1, -0.05) is 12.1 Å². The van der Waals surface area contributed by atoms with E-state index in [9.17, 15) is 0 Å². The predicted octanol–water partition coefficient (Wildman–Crippen LogP) is 2.66. The molecule has 0 bridgehead atoms. The minimum absolute atomic E-state index is 0.838. The predicted molar refractivity (Wildman–Crippen MR) is 112 cm³/mol. The van der Waals surface area contributed by atoms with Gasteiger partial charge in [-0.25, -0.2) is 15.0 Å². The normalized spacial score (nSPS) is 17.5. The average Bonchev–Trinajstić information content (AvgIpc) is 3.29. The van der Waals surface area contributed by atoms with Gasteiger partial charge >= 0.3 is 0 Å². The zero-order valence-corrected chi connectivity index (χ0v) is 16.3. The summed E-state index contributed by atoms with van der Waals surface area (Å²) in [6.45, 7) is 7.81. The van der Waals surface area contributed by atoms with E-state index in [0.29, 0.717) is 0 Å². The Hall–Kier alpha value is -2.96. The highest BCUT2D eigenvalue weighted by molar-refractivity contribution is 5.76. The number of aromatic nitrogens is 4. The van der Waals surface area contributed by atoms with E-state index in [1.54, 1.807) is 0 Å². The highest BCUT2D eigenvalue weighted by Crippen LogP contribution is 2.23. The highest BCUT2D eigenvalue weighted by Gasteiger charge is 2.23. The summed E-state index contributed by atoms with van der Waals surface area (Å²) in [6, 6.07) is 10.1. The maximum Gasteiger partial charge on any atom is 0.227 e. The number of piperazine rings is 1. The van der Waals surface area contributed by atoms with Crippen LogP contribution in [0.25, 0.3) is 11.0 Å². The van der Waals surface area contributed by atoms with E-state index in [4.69, 9.17) is 15.0 Å². The van der Waals surface area contributed by atoms with E-state index in [-0.39, 0.29) is 0 Å². The number of hydrogen-bond donors (Lipinski definition) is 0. The SMILES string of the molecule is Cc1nc2ccccc2nc1N1CCN(c2nccc(N3CCCC3)n2)CC1. The van der Waals surface area contributed by atoms with Crippen molar-refractivity contribution in [1.29, 1.82) is 0 Å². The van der Waals surface area contributed by atoms with Crippen LogP contribution >= 0.6 is 0 Å². The first kappa shape index (κ1) is 17.2. The molecule has 4 heterocycles. The number of fused-ring (bicyclic) bond motifs is 1. The van der Waals surface area contributed by atoms with Gasteiger partial charge in [0.25, 0.3) is 0 Å². The van der Waals surface area contributed by atoms with Crippen molar-refractivity contribution in [2.45, 2.75) is 19.8 Å². The third-order valence-corrected chi connectivity index (χ3v) is 5.64. The molecule has 2 saturated heterocycles. The molecule has 0 aliphatic carbocycles. The molecule has 0 spiro atoms. The van der Waals surface area contributed by atoms with Crippen molar-refractivity contribution in [3.05, 3.63) is 42.2 Å². The van der Waals surface area contributed by atoms with Gasteiger partial charge in [0.2, 0.25) is 5.95 Å². The molecule has 2 aliphatic rings. The molecule has 0 N–H and O–H groups in total. The average molecular weight is 375 g/mol. The summed E-state index contributed by atoms with van der Waals surface area (Å²) in [5.74, 6) is 2.89. The van der Waals surface area contributed by atoms with Crippen LogP contribution in [0.5, 0.6) is 0 Å². The van der Waals surface area contributed by atoms with E-state index < -0.39 is 0 Å². The zero-order chi connectivity index (χ0) is 18.9. The number of para-hydroxylation sites is 2. The molecular formula is C21H25N7. The van der Waals surface area contributed by atoms with Gasteiger partial charge in [-0.2, -0.15) is 4.98 Å². The van der Waals surface area contributed by atoms with Gasteiger partial charge in [-0.05, 0) is 38.0 Å². The molecule has 2 aromatic heterocycles. The highest BCUT2D eigenvalue weighted by atomic mass is 15.3. The lowest BCUT2D eigenvalue weighted by Crippen LogP contribution is -2.47. The van der Waals surface area contributed by atoms with Crippen LogP contribution in [0.4, 0.5) is 17.6 Å². The minimum Gasteiger partial charge on any atom is -0.356 e. The number of aryl methyl sites for hydroxylation is 1. The third kappa shape index (κ3) is 3.21. The summed E-state index contributed by atoms with van der Waals surface area (Å²) < 4.78 is 0. The second-order valence-corrected chi connectivity index (χ2v) is 7.50. The van der Waals surface area contributed by atoms with Crippen molar-refractivity contribution in [1.82, 2.24) is 19.9 Å². The van der Waals surface area contributed by atoms with Crippen LogP contribution in [0, 0.1) is 6.92 Å². The van der Waals surface area contributed by atoms with Crippen LogP contribution in [0.1, 0.15) is 18.5 Å². The number of anilines is 3. The Morgan fingerprint density at radius 2 is 1.39 bits per heavy atom. The molecule has 7 heteroatoms. The van der Waals surface area contributed by atoms with E-state index in [1.807, 2.05) is 43.5 Å².